The van der Waals surface area contributed by atoms with E-state index in [1.54, 1.807) is 0 Å². The summed E-state index contributed by atoms with van der Waals surface area (Å²) in [5, 5.41) is 3.43. The molecule has 16 heavy (non-hydrogen) atoms. The van der Waals surface area contributed by atoms with Gasteiger partial charge in [0, 0.05) is 17.9 Å². The van der Waals surface area contributed by atoms with E-state index in [1.165, 1.54) is 5.56 Å². The molecular weight excluding hydrogens is 198 g/mol. The molecule has 0 aliphatic heterocycles. The van der Waals surface area contributed by atoms with Crippen LogP contribution in [0.25, 0.3) is 0 Å². The van der Waals surface area contributed by atoms with Crippen LogP contribution in [0.5, 0.6) is 0 Å². The van der Waals surface area contributed by atoms with Crippen molar-refractivity contribution < 1.29 is 0 Å². The van der Waals surface area contributed by atoms with Crippen LogP contribution >= 0.6 is 0 Å². The van der Waals surface area contributed by atoms with Gasteiger partial charge in [-0.25, -0.2) is 0 Å². The third-order valence-corrected chi connectivity index (χ3v) is 2.51. The molecule has 0 radical (unpaired) electrons. The first-order valence-corrected chi connectivity index (χ1v) is 5.96. The lowest BCUT2D eigenvalue weighted by atomic mass is 10.0. The molecule has 0 aliphatic rings. The van der Waals surface area contributed by atoms with E-state index < -0.39 is 0 Å². The van der Waals surface area contributed by atoms with Crippen LogP contribution in [0.2, 0.25) is 0 Å². The molecular formula is C13H23N3. The number of nitrogens with zero attached hydrogens (tertiary/aromatic N) is 1. The van der Waals surface area contributed by atoms with Crippen molar-refractivity contribution in [2.45, 2.75) is 38.6 Å². The second-order valence-corrected chi connectivity index (χ2v) is 4.95. The lowest BCUT2D eigenvalue weighted by Crippen LogP contribution is -2.33. The fourth-order valence-electron chi connectivity index (χ4n) is 1.58. The van der Waals surface area contributed by atoms with E-state index in [4.69, 9.17) is 5.73 Å². The number of hydrogen-bond acceptors (Lipinski definition) is 3. The second kappa shape index (κ2) is 6.61. The van der Waals surface area contributed by atoms with Crippen molar-refractivity contribution in [3.05, 3.63) is 30.1 Å². The van der Waals surface area contributed by atoms with Crippen LogP contribution in [0.15, 0.2) is 24.5 Å². The molecule has 90 valence electrons. The van der Waals surface area contributed by atoms with E-state index in [2.05, 4.69) is 36.3 Å². The van der Waals surface area contributed by atoms with Gasteiger partial charge in [0.25, 0.3) is 0 Å². The van der Waals surface area contributed by atoms with E-state index in [0.717, 1.165) is 32.4 Å². The fourth-order valence-corrected chi connectivity index (χ4v) is 1.58. The zero-order chi connectivity index (χ0) is 11.9. The highest BCUT2D eigenvalue weighted by molar-refractivity contribution is 5.09. The van der Waals surface area contributed by atoms with Gasteiger partial charge >= 0.3 is 0 Å². The summed E-state index contributed by atoms with van der Waals surface area (Å²) in [4.78, 5) is 4.00. The van der Waals surface area contributed by atoms with E-state index in [9.17, 15) is 0 Å². The maximum Gasteiger partial charge on any atom is 0.0270 e. The third-order valence-electron chi connectivity index (χ3n) is 2.51. The van der Waals surface area contributed by atoms with Gasteiger partial charge in [-0.1, -0.05) is 0 Å². The van der Waals surface area contributed by atoms with Gasteiger partial charge in [0.15, 0.2) is 0 Å². The molecule has 0 atom stereocenters. The van der Waals surface area contributed by atoms with E-state index in [0.29, 0.717) is 0 Å². The molecule has 1 rings (SSSR count). The first-order chi connectivity index (χ1) is 7.58. The van der Waals surface area contributed by atoms with Gasteiger partial charge in [-0.05, 0) is 63.9 Å². The Morgan fingerprint density at radius 1 is 1.25 bits per heavy atom. The molecule has 0 unspecified atom stereocenters. The number of nitrogens with one attached hydrogen (secondary N) is 1. The monoisotopic (exact) mass is 221 g/mol. The topological polar surface area (TPSA) is 50.9 Å². The van der Waals surface area contributed by atoms with Crippen LogP contribution in [-0.2, 0) is 6.42 Å². The van der Waals surface area contributed by atoms with Gasteiger partial charge in [-0.3, -0.25) is 4.98 Å². The van der Waals surface area contributed by atoms with Gasteiger partial charge in [0.05, 0.1) is 0 Å². The largest absolute Gasteiger partial charge is 0.326 e. The van der Waals surface area contributed by atoms with Crippen LogP contribution in [0.1, 0.15) is 32.3 Å². The summed E-state index contributed by atoms with van der Waals surface area (Å²) in [7, 11) is 0. The van der Waals surface area contributed by atoms with E-state index >= 15 is 0 Å². The molecule has 0 fully saturated rings. The van der Waals surface area contributed by atoms with Crippen molar-refractivity contribution >= 4 is 0 Å². The molecule has 0 bridgehead atoms. The summed E-state index contributed by atoms with van der Waals surface area (Å²) in [5.74, 6) is 0. The molecule has 3 heteroatoms. The highest BCUT2D eigenvalue weighted by Crippen LogP contribution is 2.05. The van der Waals surface area contributed by atoms with Crippen LogP contribution in [0, 0.1) is 0 Å². The van der Waals surface area contributed by atoms with Crippen LogP contribution in [-0.4, -0.2) is 23.6 Å². The maximum absolute atomic E-state index is 5.91. The highest BCUT2D eigenvalue weighted by atomic mass is 14.8. The van der Waals surface area contributed by atoms with Crippen LogP contribution in [0.4, 0.5) is 0 Å². The molecule has 0 aromatic carbocycles. The third kappa shape index (κ3) is 6.53. The predicted octanol–water partition coefficient (Wildman–Crippen LogP) is 1.73. The van der Waals surface area contributed by atoms with Gasteiger partial charge < -0.3 is 11.1 Å². The minimum absolute atomic E-state index is 0.0349. The minimum Gasteiger partial charge on any atom is -0.326 e. The molecule has 0 saturated carbocycles. The van der Waals surface area contributed by atoms with Gasteiger partial charge in [-0.15, -0.1) is 0 Å². The maximum atomic E-state index is 5.91. The summed E-state index contributed by atoms with van der Waals surface area (Å²) in [5.41, 5.74) is 7.21. The predicted molar refractivity (Wildman–Crippen MR) is 68.3 cm³/mol. The van der Waals surface area contributed by atoms with E-state index in [-0.39, 0.29) is 5.54 Å². The van der Waals surface area contributed by atoms with Crippen LogP contribution in [0.3, 0.4) is 0 Å². The Kier molecular flexibility index (Phi) is 5.43. The highest BCUT2D eigenvalue weighted by Gasteiger charge is 2.08. The van der Waals surface area contributed by atoms with E-state index in [1.807, 2.05) is 12.4 Å². The van der Waals surface area contributed by atoms with Crippen molar-refractivity contribution in [1.82, 2.24) is 10.3 Å². The molecule has 3 nitrogen and oxygen atoms in total. The number of aromatic nitrogens is 1. The zero-order valence-electron chi connectivity index (χ0n) is 10.4. The summed E-state index contributed by atoms with van der Waals surface area (Å²) < 4.78 is 0. The molecule has 3 N–H and O–H groups in total. The SMILES string of the molecule is CC(C)(N)CCCNCCc1ccncc1. The number of rotatable bonds is 7. The molecule has 0 saturated heterocycles. The smallest absolute Gasteiger partial charge is 0.0270 e. The Bertz CT molecular complexity index is 277. The van der Waals surface area contributed by atoms with Crippen molar-refractivity contribution in [3.8, 4) is 0 Å². The Labute approximate surface area is 98.5 Å². The number of pyridine rings is 1. The zero-order valence-corrected chi connectivity index (χ0v) is 10.4. The Hall–Kier alpha value is -0.930. The fraction of sp³-hybridized carbons (Fsp3) is 0.615. The molecule has 1 aromatic rings. The Morgan fingerprint density at radius 2 is 1.94 bits per heavy atom. The first kappa shape index (κ1) is 13.1. The standard InChI is InChI=1S/C13H23N3/c1-13(2,14)7-3-8-15-9-4-12-5-10-16-11-6-12/h5-6,10-11,15H,3-4,7-9,14H2,1-2H3. The summed E-state index contributed by atoms with van der Waals surface area (Å²) in [6, 6.07) is 4.12. The van der Waals surface area contributed by atoms with Crippen molar-refractivity contribution in [3.63, 3.8) is 0 Å². The first-order valence-electron chi connectivity index (χ1n) is 5.96. The lowest BCUT2D eigenvalue weighted by Gasteiger charge is -2.17. The Balaban J connectivity index is 2.01. The summed E-state index contributed by atoms with van der Waals surface area (Å²) in [6.07, 6.45) is 6.95. The molecule has 0 spiro atoms. The van der Waals surface area contributed by atoms with Gasteiger partial charge in [0.1, 0.15) is 0 Å². The van der Waals surface area contributed by atoms with Crippen molar-refractivity contribution in [2.24, 2.45) is 5.73 Å². The second-order valence-electron chi connectivity index (χ2n) is 4.95. The van der Waals surface area contributed by atoms with Crippen molar-refractivity contribution in [2.75, 3.05) is 13.1 Å². The average molecular weight is 221 g/mol. The number of hydrogen-bond donors (Lipinski definition) is 2. The quantitative estimate of drug-likeness (QED) is 0.689. The average Bonchev–Trinajstić information content (AvgIpc) is 2.23. The molecule has 1 heterocycles. The number of nitrogens with two attached hydrogens (primary N) is 1. The summed E-state index contributed by atoms with van der Waals surface area (Å²) in [6.45, 7) is 6.22. The summed E-state index contributed by atoms with van der Waals surface area (Å²) >= 11 is 0. The molecule has 1 aromatic heterocycles. The van der Waals surface area contributed by atoms with Crippen LogP contribution < -0.4 is 11.1 Å². The lowest BCUT2D eigenvalue weighted by molar-refractivity contribution is 0.449. The molecule has 0 aliphatic carbocycles. The van der Waals surface area contributed by atoms with Gasteiger partial charge in [0.2, 0.25) is 0 Å². The van der Waals surface area contributed by atoms with Gasteiger partial charge in [-0.2, -0.15) is 0 Å². The molecule has 0 amide bonds. The Morgan fingerprint density at radius 3 is 2.56 bits per heavy atom. The van der Waals surface area contributed by atoms with Crippen molar-refractivity contribution in [1.29, 1.82) is 0 Å². The minimum atomic E-state index is -0.0349. The normalized spacial score (nSPS) is 11.7.